The van der Waals surface area contributed by atoms with Gasteiger partial charge in [0.25, 0.3) is 5.91 Å². The molecular formula is C23H31N3O4. The molecule has 0 radical (unpaired) electrons. The van der Waals surface area contributed by atoms with Crippen LogP contribution in [-0.2, 0) is 19.1 Å². The molecule has 0 spiro atoms. The Morgan fingerprint density at radius 3 is 2.53 bits per heavy atom. The Balaban J connectivity index is 1.26. The Labute approximate surface area is 177 Å². The van der Waals surface area contributed by atoms with E-state index in [1.54, 1.807) is 0 Å². The topological polar surface area (TPSA) is 79.0 Å². The van der Waals surface area contributed by atoms with Gasteiger partial charge in [0.2, 0.25) is 11.8 Å². The summed E-state index contributed by atoms with van der Waals surface area (Å²) in [6.45, 7) is 4.42. The van der Waals surface area contributed by atoms with E-state index in [0.717, 1.165) is 31.2 Å². The third kappa shape index (κ3) is 4.51. The lowest BCUT2D eigenvalue weighted by atomic mass is 10.0. The first-order chi connectivity index (χ1) is 14.5. The number of benzene rings is 1. The summed E-state index contributed by atoms with van der Waals surface area (Å²) in [5, 5.41) is 3.12. The lowest BCUT2D eigenvalue weighted by Gasteiger charge is -2.34. The van der Waals surface area contributed by atoms with Gasteiger partial charge in [-0.2, -0.15) is 0 Å². The summed E-state index contributed by atoms with van der Waals surface area (Å²) in [5.74, 6) is -0.238. The van der Waals surface area contributed by atoms with E-state index in [2.05, 4.69) is 5.32 Å². The van der Waals surface area contributed by atoms with Crippen molar-refractivity contribution in [1.29, 1.82) is 0 Å². The molecule has 1 N–H and O–H groups in total. The number of nitrogens with one attached hydrogen (secondary N) is 1. The highest BCUT2D eigenvalue weighted by atomic mass is 16.5. The maximum absolute atomic E-state index is 12.8. The summed E-state index contributed by atoms with van der Waals surface area (Å²) in [5.41, 5.74) is 1.08. The lowest BCUT2D eigenvalue weighted by Crippen LogP contribution is -2.50. The molecular weight excluding hydrogens is 382 g/mol. The summed E-state index contributed by atoms with van der Waals surface area (Å²) in [6, 6.07) is 9.93. The smallest absolute Gasteiger partial charge is 0.251 e. The molecule has 3 fully saturated rings. The molecule has 3 unspecified atom stereocenters. The van der Waals surface area contributed by atoms with Gasteiger partial charge >= 0.3 is 0 Å². The van der Waals surface area contributed by atoms with Crippen molar-refractivity contribution in [3.63, 3.8) is 0 Å². The van der Waals surface area contributed by atoms with E-state index in [4.69, 9.17) is 4.74 Å². The number of hydrogen-bond donors (Lipinski definition) is 1. The van der Waals surface area contributed by atoms with Crippen LogP contribution in [0.2, 0.25) is 0 Å². The van der Waals surface area contributed by atoms with E-state index in [1.165, 1.54) is 0 Å². The zero-order valence-electron chi connectivity index (χ0n) is 17.6. The van der Waals surface area contributed by atoms with Crippen LogP contribution in [0.15, 0.2) is 30.3 Å². The molecule has 162 valence electrons. The van der Waals surface area contributed by atoms with Crippen molar-refractivity contribution in [3.8, 4) is 0 Å². The summed E-state index contributed by atoms with van der Waals surface area (Å²) >= 11 is 0. The largest absolute Gasteiger partial charge is 0.368 e. The van der Waals surface area contributed by atoms with Crippen molar-refractivity contribution in [3.05, 3.63) is 35.9 Å². The van der Waals surface area contributed by atoms with Gasteiger partial charge in [0, 0.05) is 38.7 Å². The quantitative estimate of drug-likeness (QED) is 0.800. The van der Waals surface area contributed by atoms with Crippen LogP contribution in [0.25, 0.3) is 0 Å². The Kier molecular flexibility index (Phi) is 6.37. The second-order valence-corrected chi connectivity index (χ2v) is 8.64. The van der Waals surface area contributed by atoms with E-state index < -0.39 is 0 Å². The number of carbonyl (C=O) groups is 3. The summed E-state index contributed by atoms with van der Waals surface area (Å²) in [7, 11) is 0. The molecule has 4 rings (SSSR count). The Morgan fingerprint density at radius 2 is 1.87 bits per heavy atom. The van der Waals surface area contributed by atoms with Crippen molar-refractivity contribution < 1.29 is 19.1 Å². The molecule has 3 aliphatic rings. The van der Waals surface area contributed by atoms with Crippen molar-refractivity contribution in [2.45, 2.75) is 57.2 Å². The molecule has 7 heteroatoms. The van der Waals surface area contributed by atoms with Gasteiger partial charge in [0.1, 0.15) is 6.10 Å². The number of rotatable bonds is 5. The van der Waals surface area contributed by atoms with E-state index in [9.17, 15) is 14.4 Å². The van der Waals surface area contributed by atoms with E-state index in [0.29, 0.717) is 26.2 Å². The predicted molar refractivity (Wildman–Crippen MR) is 111 cm³/mol. The Hall–Kier alpha value is -2.41. The zero-order valence-corrected chi connectivity index (χ0v) is 17.6. The van der Waals surface area contributed by atoms with Crippen LogP contribution in [0.3, 0.4) is 0 Å². The minimum Gasteiger partial charge on any atom is -0.368 e. The standard InChI is InChI=1S/C23H31N3O4/c1-16(17-6-3-2-4-7-17)26-15-18(14-21(26)27)22(28)24-19-9-11-25(12-10-19)23(29)20-8-5-13-30-20/h2-4,6-7,16,18-20H,5,8-15H2,1H3,(H,24,28). The first kappa shape index (κ1) is 20.8. The fourth-order valence-corrected chi connectivity index (χ4v) is 4.73. The molecule has 0 aliphatic carbocycles. The summed E-state index contributed by atoms with van der Waals surface area (Å²) < 4.78 is 5.50. The monoisotopic (exact) mass is 413 g/mol. The van der Waals surface area contributed by atoms with Crippen molar-refractivity contribution in [2.75, 3.05) is 26.2 Å². The lowest BCUT2D eigenvalue weighted by molar-refractivity contribution is -0.142. The molecule has 0 saturated carbocycles. The van der Waals surface area contributed by atoms with Crippen LogP contribution < -0.4 is 5.32 Å². The second-order valence-electron chi connectivity index (χ2n) is 8.64. The first-order valence-electron chi connectivity index (χ1n) is 11.1. The van der Waals surface area contributed by atoms with Crippen LogP contribution in [0.1, 0.15) is 50.6 Å². The third-order valence-electron chi connectivity index (χ3n) is 6.64. The maximum atomic E-state index is 12.8. The van der Waals surface area contributed by atoms with Gasteiger partial charge in [-0.05, 0) is 38.2 Å². The number of carbonyl (C=O) groups excluding carboxylic acids is 3. The number of nitrogens with zero attached hydrogens (tertiary/aromatic N) is 2. The molecule has 1 aromatic carbocycles. The summed E-state index contributed by atoms with van der Waals surface area (Å²) in [6.07, 6.45) is 3.23. The molecule has 3 amide bonds. The number of amides is 3. The molecule has 0 bridgehead atoms. The molecule has 30 heavy (non-hydrogen) atoms. The van der Waals surface area contributed by atoms with E-state index in [1.807, 2.05) is 47.1 Å². The van der Waals surface area contributed by atoms with Gasteiger partial charge in [-0.25, -0.2) is 0 Å². The van der Waals surface area contributed by atoms with Crippen LogP contribution in [0, 0.1) is 5.92 Å². The number of piperidine rings is 1. The predicted octanol–water partition coefficient (Wildman–Crippen LogP) is 1.88. The normalized spacial score (nSPS) is 26.1. The van der Waals surface area contributed by atoms with Gasteiger partial charge in [0.05, 0.1) is 12.0 Å². The van der Waals surface area contributed by atoms with Crippen LogP contribution in [0.4, 0.5) is 0 Å². The van der Waals surface area contributed by atoms with Gasteiger partial charge in [0.15, 0.2) is 0 Å². The van der Waals surface area contributed by atoms with Crippen LogP contribution in [0.5, 0.6) is 0 Å². The van der Waals surface area contributed by atoms with Crippen LogP contribution >= 0.6 is 0 Å². The molecule has 3 aliphatic heterocycles. The minimum absolute atomic E-state index is 0.0310. The SMILES string of the molecule is CC(c1ccccc1)N1CC(C(=O)NC2CCN(C(=O)C3CCCO3)CC2)CC1=O. The highest BCUT2D eigenvalue weighted by Gasteiger charge is 2.38. The van der Waals surface area contributed by atoms with E-state index >= 15 is 0 Å². The van der Waals surface area contributed by atoms with Gasteiger partial charge < -0.3 is 19.9 Å². The average Bonchev–Trinajstić information content (AvgIpc) is 3.44. The van der Waals surface area contributed by atoms with Gasteiger partial charge in [-0.15, -0.1) is 0 Å². The highest BCUT2D eigenvalue weighted by Crippen LogP contribution is 2.29. The number of hydrogen-bond acceptors (Lipinski definition) is 4. The molecule has 0 aromatic heterocycles. The maximum Gasteiger partial charge on any atom is 0.251 e. The highest BCUT2D eigenvalue weighted by molar-refractivity contribution is 5.89. The molecule has 7 nitrogen and oxygen atoms in total. The fraction of sp³-hybridized carbons (Fsp3) is 0.609. The number of ether oxygens (including phenoxy) is 1. The van der Waals surface area contributed by atoms with Crippen LogP contribution in [-0.4, -0.2) is 65.9 Å². The molecule has 3 saturated heterocycles. The fourth-order valence-electron chi connectivity index (χ4n) is 4.73. The Bertz CT molecular complexity index is 770. The Morgan fingerprint density at radius 1 is 1.13 bits per heavy atom. The van der Waals surface area contributed by atoms with Crippen molar-refractivity contribution in [1.82, 2.24) is 15.1 Å². The van der Waals surface area contributed by atoms with Crippen molar-refractivity contribution in [2.24, 2.45) is 5.92 Å². The third-order valence-corrected chi connectivity index (χ3v) is 6.64. The first-order valence-corrected chi connectivity index (χ1v) is 11.1. The number of likely N-dealkylation sites (tertiary alicyclic amines) is 2. The molecule has 3 heterocycles. The molecule has 3 atom stereocenters. The van der Waals surface area contributed by atoms with Crippen molar-refractivity contribution >= 4 is 17.7 Å². The van der Waals surface area contributed by atoms with Gasteiger partial charge in [-0.3, -0.25) is 14.4 Å². The average molecular weight is 414 g/mol. The van der Waals surface area contributed by atoms with Gasteiger partial charge in [-0.1, -0.05) is 30.3 Å². The second kappa shape index (κ2) is 9.16. The zero-order chi connectivity index (χ0) is 21.1. The van der Waals surface area contributed by atoms with E-state index in [-0.39, 0.29) is 48.2 Å². The summed E-state index contributed by atoms with van der Waals surface area (Å²) in [4.78, 5) is 41.5. The minimum atomic E-state index is -0.310. The molecule has 1 aromatic rings.